The van der Waals surface area contributed by atoms with Gasteiger partial charge in [0, 0.05) is 0 Å². The monoisotopic (exact) mass is 157 g/mol. The van der Waals surface area contributed by atoms with E-state index in [9.17, 15) is 22.0 Å². The lowest BCUT2D eigenvalue weighted by Crippen LogP contribution is -2.63. The van der Waals surface area contributed by atoms with E-state index in [0.717, 1.165) is 4.72 Å². The zero-order valence-corrected chi connectivity index (χ0v) is 4.71. The van der Waals surface area contributed by atoms with Gasteiger partial charge in [-0.25, -0.2) is 4.72 Å². The van der Waals surface area contributed by atoms with Crippen molar-refractivity contribution in [2.24, 2.45) is 0 Å². The zero-order chi connectivity index (χ0) is 7.28. The van der Waals surface area contributed by atoms with Gasteiger partial charge in [-0.3, -0.25) is 4.79 Å². The molecule has 0 bridgehead atoms. The highest BCUT2D eigenvalue weighted by Gasteiger charge is 2.63. The van der Waals surface area contributed by atoms with Gasteiger partial charge in [0.2, 0.25) is 0 Å². The second-order valence-corrected chi connectivity index (χ2v) is 3.18. The molecule has 0 saturated carbocycles. The summed E-state index contributed by atoms with van der Waals surface area (Å²) in [6, 6.07) is 0. The van der Waals surface area contributed by atoms with E-state index in [1.807, 2.05) is 0 Å². The van der Waals surface area contributed by atoms with Crippen LogP contribution in [0.3, 0.4) is 0 Å². The molecule has 0 unspecified atom stereocenters. The molecule has 52 valence electrons. The van der Waals surface area contributed by atoms with Crippen LogP contribution in [0.4, 0.5) is 8.78 Å². The van der Waals surface area contributed by atoms with Crippen molar-refractivity contribution < 1.29 is 22.0 Å². The van der Waals surface area contributed by atoms with Crippen LogP contribution in [-0.4, -0.2) is 19.6 Å². The molecule has 9 heavy (non-hydrogen) atoms. The number of sulfonamides is 1. The lowest BCUT2D eigenvalue weighted by atomic mass is 10.7. The highest BCUT2D eigenvalue weighted by Crippen LogP contribution is 2.28. The summed E-state index contributed by atoms with van der Waals surface area (Å²) in [7, 11) is -4.64. The number of nitrogens with one attached hydrogen (secondary N) is 1. The highest BCUT2D eigenvalue weighted by molar-refractivity contribution is 7.94. The van der Waals surface area contributed by atoms with Gasteiger partial charge < -0.3 is 0 Å². The topological polar surface area (TPSA) is 63.2 Å². The summed E-state index contributed by atoms with van der Waals surface area (Å²) in [6.07, 6.45) is 0. The summed E-state index contributed by atoms with van der Waals surface area (Å²) in [6.45, 7) is 0. The molecule has 0 spiro atoms. The maximum Gasteiger partial charge on any atom is 0.441 e. The molecule has 0 aromatic carbocycles. The van der Waals surface area contributed by atoms with Gasteiger partial charge in [0.05, 0.1) is 0 Å². The van der Waals surface area contributed by atoms with E-state index in [4.69, 9.17) is 0 Å². The van der Waals surface area contributed by atoms with Crippen LogP contribution in [0.1, 0.15) is 0 Å². The summed E-state index contributed by atoms with van der Waals surface area (Å²) < 4.78 is 44.2. The molecule has 4 nitrogen and oxygen atoms in total. The molecule has 1 N–H and O–H groups in total. The number of hydrogen-bond donors (Lipinski definition) is 1. The second-order valence-electron chi connectivity index (χ2n) is 1.45. The first kappa shape index (κ1) is 6.40. The van der Waals surface area contributed by atoms with Crippen molar-refractivity contribution in [2.45, 2.75) is 5.25 Å². The van der Waals surface area contributed by atoms with E-state index in [2.05, 4.69) is 0 Å². The van der Waals surface area contributed by atoms with Gasteiger partial charge >= 0.3 is 21.2 Å². The van der Waals surface area contributed by atoms with E-state index in [1.165, 1.54) is 0 Å². The Labute approximate surface area is 48.9 Å². The predicted octanol–water partition coefficient (Wildman–Crippen LogP) is -0.961. The van der Waals surface area contributed by atoms with Crippen LogP contribution in [0.2, 0.25) is 0 Å². The first-order valence-electron chi connectivity index (χ1n) is 1.82. The molecule has 1 saturated heterocycles. The minimum absolute atomic E-state index is 1.06. The lowest BCUT2D eigenvalue weighted by molar-refractivity contribution is -0.138. The second kappa shape index (κ2) is 1.23. The largest absolute Gasteiger partial charge is 0.441 e. The molecule has 1 amide bonds. The fourth-order valence-corrected chi connectivity index (χ4v) is 0.964. The van der Waals surface area contributed by atoms with Gasteiger partial charge in [0.15, 0.2) is 0 Å². The highest BCUT2D eigenvalue weighted by atomic mass is 32.2. The Morgan fingerprint density at radius 3 is 1.89 bits per heavy atom. The molecule has 0 aromatic heterocycles. The van der Waals surface area contributed by atoms with Gasteiger partial charge in [-0.1, -0.05) is 0 Å². The molecule has 0 radical (unpaired) electrons. The third-order valence-corrected chi connectivity index (χ3v) is 2.14. The molecule has 0 aromatic rings. The van der Waals surface area contributed by atoms with Crippen molar-refractivity contribution in [1.29, 1.82) is 0 Å². The number of hydrogen-bond acceptors (Lipinski definition) is 3. The Morgan fingerprint density at radius 2 is 1.89 bits per heavy atom. The third kappa shape index (κ3) is 0.546. The first-order chi connectivity index (χ1) is 3.88. The Kier molecular flexibility index (Phi) is 0.875. The van der Waals surface area contributed by atoms with E-state index in [0.29, 0.717) is 0 Å². The van der Waals surface area contributed by atoms with Gasteiger partial charge in [0.25, 0.3) is 0 Å². The minimum atomic E-state index is -4.64. The SMILES string of the molecule is O=C1NS(=O)(=O)C1(F)F. The standard InChI is InChI=1S/C2HF2NO3S/c3-2(4)1(6)5-9(2,7)8/h(H,5,6). The molecule has 1 aliphatic heterocycles. The fraction of sp³-hybridized carbons (Fsp3) is 0.500. The molecule has 1 aliphatic rings. The van der Waals surface area contributed by atoms with Crippen molar-refractivity contribution >= 4 is 15.9 Å². The Balaban J connectivity index is 3.10. The molecule has 0 atom stereocenters. The van der Waals surface area contributed by atoms with Crippen LogP contribution >= 0.6 is 0 Å². The van der Waals surface area contributed by atoms with E-state index in [-0.39, 0.29) is 0 Å². The van der Waals surface area contributed by atoms with Crippen LogP contribution in [0.5, 0.6) is 0 Å². The van der Waals surface area contributed by atoms with Gasteiger partial charge in [-0.2, -0.15) is 17.2 Å². The number of rotatable bonds is 0. The summed E-state index contributed by atoms with van der Waals surface area (Å²) in [5.41, 5.74) is 0. The lowest BCUT2D eigenvalue weighted by Gasteiger charge is -2.24. The van der Waals surface area contributed by atoms with Gasteiger partial charge in [0.1, 0.15) is 0 Å². The Morgan fingerprint density at radius 1 is 1.44 bits per heavy atom. The molecule has 7 heteroatoms. The normalized spacial score (nSPS) is 28.4. The number of halogens is 2. The first-order valence-corrected chi connectivity index (χ1v) is 3.31. The van der Waals surface area contributed by atoms with Crippen LogP contribution in [0.25, 0.3) is 0 Å². The number of alkyl halides is 2. The molecule has 0 aliphatic carbocycles. The van der Waals surface area contributed by atoms with Crippen LogP contribution in [0.15, 0.2) is 0 Å². The Hall–Kier alpha value is -0.720. The summed E-state index contributed by atoms with van der Waals surface area (Å²) >= 11 is 0. The van der Waals surface area contributed by atoms with Crippen LogP contribution in [0, 0.1) is 0 Å². The molecule has 1 fully saturated rings. The van der Waals surface area contributed by atoms with Gasteiger partial charge in [-0.05, 0) is 0 Å². The maximum absolute atomic E-state index is 11.7. The van der Waals surface area contributed by atoms with Crippen molar-refractivity contribution in [3.63, 3.8) is 0 Å². The molecule has 1 heterocycles. The Bertz CT molecular complexity index is 255. The number of carbonyl (C=O) groups excluding carboxylic acids is 1. The fourth-order valence-electron chi connectivity index (χ4n) is 0.321. The number of amides is 1. The van der Waals surface area contributed by atoms with Crippen molar-refractivity contribution in [2.75, 3.05) is 0 Å². The zero-order valence-electron chi connectivity index (χ0n) is 3.89. The molecular weight excluding hydrogens is 156 g/mol. The van der Waals surface area contributed by atoms with E-state index >= 15 is 0 Å². The maximum atomic E-state index is 11.7. The van der Waals surface area contributed by atoms with E-state index < -0.39 is 21.2 Å². The minimum Gasteiger partial charge on any atom is -0.266 e. The molecular formula is C2HF2NO3S. The van der Waals surface area contributed by atoms with Crippen molar-refractivity contribution in [1.82, 2.24) is 4.72 Å². The average molecular weight is 157 g/mol. The predicted molar refractivity (Wildman–Crippen MR) is 22.0 cm³/mol. The van der Waals surface area contributed by atoms with Crippen molar-refractivity contribution in [3.8, 4) is 0 Å². The van der Waals surface area contributed by atoms with Crippen LogP contribution in [-0.2, 0) is 14.8 Å². The summed E-state index contributed by atoms with van der Waals surface area (Å²) in [5.74, 6) is -1.76. The number of carbonyl (C=O) groups is 1. The third-order valence-electron chi connectivity index (χ3n) is 0.829. The quantitative estimate of drug-likeness (QED) is 0.492. The smallest absolute Gasteiger partial charge is 0.266 e. The van der Waals surface area contributed by atoms with Crippen molar-refractivity contribution in [3.05, 3.63) is 0 Å². The van der Waals surface area contributed by atoms with Gasteiger partial charge in [-0.15, -0.1) is 0 Å². The van der Waals surface area contributed by atoms with Crippen LogP contribution < -0.4 is 4.72 Å². The average Bonchev–Trinajstić information content (AvgIpc) is 1.65. The van der Waals surface area contributed by atoms with E-state index in [1.54, 1.807) is 0 Å². The molecule has 1 rings (SSSR count). The summed E-state index contributed by atoms with van der Waals surface area (Å²) in [4.78, 5) is 9.73. The summed E-state index contributed by atoms with van der Waals surface area (Å²) in [5, 5.41) is -4.20.